The summed E-state index contributed by atoms with van der Waals surface area (Å²) in [7, 11) is 1.00. The molecule has 2 aliphatic heterocycles. The maximum absolute atomic E-state index is 10.9. The van der Waals surface area contributed by atoms with Crippen LogP contribution >= 0.6 is 11.6 Å². The lowest BCUT2D eigenvalue weighted by Gasteiger charge is -2.44. The fourth-order valence-corrected chi connectivity index (χ4v) is 4.79. The molecule has 0 saturated carbocycles. The van der Waals surface area contributed by atoms with Crippen LogP contribution < -0.4 is 4.74 Å². The Kier molecular flexibility index (Phi) is 7.75. The first-order chi connectivity index (χ1) is 15.7. The third kappa shape index (κ3) is 4.51. The first-order valence-corrected chi connectivity index (χ1v) is 11.4. The van der Waals surface area contributed by atoms with E-state index in [0.29, 0.717) is 23.6 Å². The van der Waals surface area contributed by atoms with Gasteiger partial charge in [0.1, 0.15) is 17.5 Å². The van der Waals surface area contributed by atoms with Gasteiger partial charge in [0.25, 0.3) is 0 Å². The predicted octanol–water partition coefficient (Wildman–Crippen LogP) is 2.77. The second-order valence-electron chi connectivity index (χ2n) is 8.81. The summed E-state index contributed by atoms with van der Waals surface area (Å²) in [5.41, 5.74) is 0.377. The van der Waals surface area contributed by atoms with Crippen LogP contribution in [0, 0.1) is 0 Å². The number of benzene rings is 2. The molecular weight excluding hydrogens is 448 g/mol. The van der Waals surface area contributed by atoms with Gasteiger partial charge in [0.05, 0.1) is 24.9 Å². The van der Waals surface area contributed by atoms with Gasteiger partial charge in [0, 0.05) is 24.1 Å². The predicted molar refractivity (Wildman–Crippen MR) is 124 cm³/mol. The van der Waals surface area contributed by atoms with Crippen molar-refractivity contribution in [1.82, 2.24) is 0 Å². The largest absolute Gasteiger partial charge is 0.494 e. The van der Waals surface area contributed by atoms with Crippen molar-refractivity contribution in [3.8, 4) is 5.75 Å². The summed E-state index contributed by atoms with van der Waals surface area (Å²) in [4.78, 5) is 0. The highest BCUT2D eigenvalue weighted by Gasteiger charge is 2.70. The van der Waals surface area contributed by atoms with Crippen LogP contribution in [0.15, 0.2) is 42.5 Å². The van der Waals surface area contributed by atoms with E-state index < -0.39 is 29.2 Å². The molecule has 0 radical (unpaired) electrons. The average molecular weight is 481 g/mol. The molecule has 2 aromatic carbocycles. The molecule has 4 rings (SSSR count). The van der Waals surface area contributed by atoms with Crippen LogP contribution in [0.3, 0.4) is 0 Å². The topological polar surface area (TPSA) is 109 Å². The highest BCUT2D eigenvalue weighted by Crippen LogP contribution is 2.57. The summed E-state index contributed by atoms with van der Waals surface area (Å²) < 4.78 is 18.0. The van der Waals surface area contributed by atoms with Crippen LogP contribution in [0.1, 0.15) is 43.9 Å². The number of rotatable bonds is 6. The molecule has 0 spiro atoms. The molecule has 1 unspecified atom stereocenters. The molecule has 4 N–H and O–H groups in total. The number of aliphatic hydroxyl groups is 4. The van der Waals surface area contributed by atoms with Gasteiger partial charge in [-0.15, -0.1) is 0 Å². The second-order valence-corrected chi connectivity index (χ2v) is 9.22. The van der Waals surface area contributed by atoms with Crippen LogP contribution in [-0.4, -0.2) is 64.2 Å². The van der Waals surface area contributed by atoms with Gasteiger partial charge in [-0.05, 0) is 62.6 Å². The highest BCUT2D eigenvalue weighted by molar-refractivity contribution is 6.31. The monoisotopic (exact) mass is 480 g/mol. The Bertz CT molecular complexity index is 948. The van der Waals surface area contributed by atoms with Gasteiger partial charge in [-0.2, -0.15) is 0 Å². The zero-order valence-corrected chi connectivity index (χ0v) is 20.2. The van der Waals surface area contributed by atoms with Crippen LogP contribution in [0.5, 0.6) is 5.75 Å². The van der Waals surface area contributed by atoms with E-state index >= 15 is 0 Å². The Hall–Kier alpha value is -1.71. The second kappa shape index (κ2) is 9.88. The smallest absolute Gasteiger partial charge is 0.225 e. The maximum Gasteiger partial charge on any atom is 0.225 e. The molecule has 7 nitrogen and oxygen atoms in total. The normalized spacial score (nSPS) is 29.8. The highest BCUT2D eigenvalue weighted by atomic mass is 35.5. The molecule has 8 heteroatoms. The Morgan fingerprint density at radius 3 is 2.33 bits per heavy atom. The average Bonchev–Trinajstić information content (AvgIpc) is 3.01. The number of hydrogen-bond acceptors (Lipinski definition) is 7. The Balaban J connectivity index is 0.00000149. The van der Waals surface area contributed by atoms with Crippen molar-refractivity contribution in [3.63, 3.8) is 0 Å². The minimum absolute atomic E-state index is 0.0754. The molecular formula is C25H33ClO7. The van der Waals surface area contributed by atoms with E-state index in [1.807, 2.05) is 37.3 Å². The van der Waals surface area contributed by atoms with Gasteiger partial charge < -0.3 is 34.6 Å². The zero-order chi connectivity index (χ0) is 24.4. The lowest BCUT2D eigenvalue weighted by atomic mass is 9.79. The molecule has 2 bridgehead atoms. The summed E-state index contributed by atoms with van der Waals surface area (Å²) >= 11 is 6.48. The minimum atomic E-state index is -1.60. The standard InChI is InChI=1S/C24H29ClO6.CH4O/c1-4-29-18-8-5-15(6-9-18)11-16-12-17(7-10-19(16)25)24-21(28)20(27)13-23(14-26,31-24)22(2,3)30-24;1-2/h5-10,12,20-21,26-28H,4,11,13-14H2,1-3H3;2H,1H3/t20?,21-,23+,24+;/m1./s1. The van der Waals surface area contributed by atoms with E-state index in [0.717, 1.165) is 24.0 Å². The van der Waals surface area contributed by atoms with E-state index in [1.165, 1.54) is 0 Å². The Labute approximate surface area is 199 Å². The summed E-state index contributed by atoms with van der Waals surface area (Å²) in [6.45, 7) is 5.81. The van der Waals surface area contributed by atoms with Gasteiger partial charge in [0.15, 0.2) is 0 Å². The SMILES string of the molecule is CCOc1ccc(Cc2cc([C@@]34OC(C)(C)[C@@](CO)(CC(O)[C@H]3O)O4)ccc2Cl)cc1.CO. The molecule has 33 heavy (non-hydrogen) atoms. The lowest BCUT2D eigenvalue weighted by Crippen LogP contribution is -2.59. The molecule has 2 saturated heterocycles. The van der Waals surface area contributed by atoms with Crippen molar-refractivity contribution in [1.29, 1.82) is 0 Å². The van der Waals surface area contributed by atoms with E-state index in [4.69, 9.17) is 30.9 Å². The van der Waals surface area contributed by atoms with Crippen LogP contribution in [0.4, 0.5) is 0 Å². The number of fused-ring (bicyclic) bond motifs is 2. The van der Waals surface area contributed by atoms with Crippen LogP contribution in [-0.2, 0) is 21.7 Å². The molecule has 0 aromatic heterocycles. The minimum Gasteiger partial charge on any atom is -0.494 e. The van der Waals surface area contributed by atoms with E-state index in [9.17, 15) is 15.3 Å². The van der Waals surface area contributed by atoms with Crippen molar-refractivity contribution >= 4 is 11.6 Å². The summed E-state index contributed by atoms with van der Waals surface area (Å²) in [6, 6.07) is 13.1. The van der Waals surface area contributed by atoms with Crippen LogP contribution in [0.25, 0.3) is 0 Å². The molecule has 0 amide bonds. The fourth-order valence-electron chi connectivity index (χ4n) is 4.61. The number of hydrogen-bond donors (Lipinski definition) is 4. The number of ether oxygens (including phenoxy) is 3. The van der Waals surface area contributed by atoms with Gasteiger partial charge >= 0.3 is 0 Å². The molecule has 2 fully saturated rings. The molecule has 2 aliphatic rings. The van der Waals surface area contributed by atoms with Gasteiger partial charge in [0.2, 0.25) is 5.79 Å². The molecule has 182 valence electrons. The quantitative estimate of drug-likeness (QED) is 0.503. The van der Waals surface area contributed by atoms with E-state index in [-0.39, 0.29) is 13.0 Å². The third-order valence-corrected chi connectivity index (χ3v) is 6.84. The maximum atomic E-state index is 10.9. The third-order valence-electron chi connectivity index (χ3n) is 6.48. The van der Waals surface area contributed by atoms with E-state index in [2.05, 4.69) is 0 Å². The van der Waals surface area contributed by atoms with Crippen molar-refractivity contribution < 1.29 is 34.6 Å². The van der Waals surface area contributed by atoms with Crippen molar-refractivity contribution in [2.24, 2.45) is 0 Å². The first kappa shape index (κ1) is 25.9. The summed E-state index contributed by atoms with van der Waals surface area (Å²) in [5.74, 6) is -0.790. The van der Waals surface area contributed by atoms with Crippen LogP contribution in [0.2, 0.25) is 5.02 Å². The van der Waals surface area contributed by atoms with Gasteiger partial charge in [-0.3, -0.25) is 0 Å². The first-order valence-electron chi connectivity index (χ1n) is 11.0. The summed E-state index contributed by atoms with van der Waals surface area (Å²) in [6.07, 6.45) is -1.78. The molecule has 2 heterocycles. The zero-order valence-electron chi connectivity index (χ0n) is 19.4. The number of aliphatic hydroxyl groups excluding tert-OH is 4. The summed E-state index contributed by atoms with van der Waals surface area (Å²) in [5, 5.41) is 39.2. The van der Waals surface area contributed by atoms with Gasteiger partial charge in [-0.25, -0.2) is 0 Å². The van der Waals surface area contributed by atoms with E-state index in [1.54, 1.807) is 26.0 Å². The van der Waals surface area contributed by atoms with Gasteiger partial charge in [-0.1, -0.05) is 29.8 Å². The Morgan fingerprint density at radius 1 is 1.06 bits per heavy atom. The lowest BCUT2D eigenvalue weighted by molar-refractivity contribution is -0.304. The van der Waals surface area contributed by atoms with Crippen molar-refractivity contribution in [2.45, 2.75) is 62.8 Å². The fraction of sp³-hybridized carbons (Fsp3) is 0.520. The van der Waals surface area contributed by atoms with Crippen molar-refractivity contribution in [3.05, 3.63) is 64.2 Å². The molecule has 4 atom stereocenters. The van der Waals surface area contributed by atoms with Crippen molar-refractivity contribution in [2.75, 3.05) is 20.3 Å². The number of halogens is 1. The Morgan fingerprint density at radius 2 is 1.73 bits per heavy atom. The molecule has 0 aliphatic carbocycles. The molecule has 2 aromatic rings.